The number of nitrogens with zero attached hydrogens (tertiary/aromatic N) is 3. The smallest absolute Gasteiger partial charge is 0.263 e. The van der Waals surface area contributed by atoms with Crippen LogP contribution in [-0.2, 0) is 0 Å². The molecular weight excluding hydrogens is 402 g/mol. The predicted molar refractivity (Wildman–Crippen MR) is 117 cm³/mol. The van der Waals surface area contributed by atoms with Crippen LogP contribution in [0.15, 0.2) is 41.2 Å². The Morgan fingerprint density at radius 3 is 2.65 bits per heavy atom. The highest BCUT2D eigenvalue weighted by atomic mass is 19.2. The number of pyridine rings is 1. The number of fused-ring (bicyclic) bond motifs is 1. The summed E-state index contributed by atoms with van der Waals surface area (Å²) in [6.45, 7) is 1.43. The molecular formula is C22H24F2N6O. The predicted octanol–water partition coefficient (Wildman–Crippen LogP) is 2.65. The van der Waals surface area contributed by atoms with Crippen LogP contribution in [0.5, 0.6) is 0 Å². The van der Waals surface area contributed by atoms with Crippen molar-refractivity contribution in [2.45, 2.75) is 31.2 Å². The summed E-state index contributed by atoms with van der Waals surface area (Å²) in [5.74, 6) is 0.552. The molecule has 3 atom stereocenters. The number of aromatic amines is 1. The van der Waals surface area contributed by atoms with Gasteiger partial charge in [0.15, 0.2) is 12.3 Å². The molecule has 0 aliphatic carbocycles. The molecule has 7 nitrogen and oxygen atoms in total. The molecule has 3 N–H and O–H groups in total. The fourth-order valence-corrected chi connectivity index (χ4v) is 4.22. The van der Waals surface area contributed by atoms with Gasteiger partial charge in [-0.25, -0.2) is 13.8 Å². The van der Waals surface area contributed by atoms with Gasteiger partial charge in [0.1, 0.15) is 11.4 Å². The Labute approximate surface area is 177 Å². The van der Waals surface area contributed by atoms with Crippen LogP contribution in [0.25, 0.3) is 22.2 Å². The number of para-hydroxylation sites is 1. The molecule has 5 rings (SSSR count). The second-order valence-corrected chi connectivity index (χ2v) is 8.13. The lowest BCUT2D eigenvalue weighted by molar-refractivity contribution is 0.217. The van der Waals surface area contributed by atoms with E-state index in [1.54, 1.807) is 6.07 Å². The van der Waals surface area contributed by atoms with E-state index in [0.717, 1.165) is 36.8 Å². The van der Waals surface area contributed by atoms with Crippen LogP contribution >= 0.6 is 0 Å². The fourth-order valence-electron chi connectivity index (χ4n) is 4.22. The summed E-state index contributed by atoms with van der Waals surface area (Å²) < 4.78 is 27.5. The van der Waals surface area contributed by atoms with Crippen LogP contribution in [-0.4, -0.2) is 59.5 Å². The fraction of sp³-hybridized carbons (Fsp3) is 0.409. The van der Waals surface area contributed by atoms with Crippen molar-refractivity contribution in [2.75, 3.05) is 36.4 Å². The molecule has 9 heteroatoms. The molecule has 1 unspecified atom stereocenters. The van der Waals surface area contributed by atoms with Crippen molar-refractivity contribution in [2.24, 2.45) is 0 Å². The van der Waals surface area contributed by atoms with E-state index >= 15 is 0 Å². The molecule has 2 aliphatic rings. The zero-order chi connectivity index (χ0) is 21.4. The number of aromatic nitrogens is 3. The monoisotopic (exact) mass is 426 g/mol. The van der Waals surface area contributed by atoms with Crippen LogP contribution in [0.4, 0.5) is 20.5 Å². The largest absolute Gasteiger partial charge is 0.365 e. The van der Waals surface area contributed by atoms with Gasteiger partial charge in [-0.05, 0) is 31.5 Å². The first kappa shape index (κ1) is 19.9. The van der Waals surface area contributed by atoms with Gasteiger partial charge < -0.3 is 15.5 Å². The molecule has 0 spiro atoms. The molecule has 0 radical (unpaired) electrons. The Bertz CT molecular complexity index is 1140. The molecule has 0 amide bonds. The van der Waals surface area contributed by atoms with Gasteiger partial charge in [0.2, 0.25) is 5.95 Å². The van der Waals surface area contributed by atoms with Crippen LogP contribution < -0.4 is 21.1 Å². The number of hydrogen-bond donors (Lipinski definition) is 3. The summed E-state index contributed by atoms with van der Waals surface area (Å²) >= 11 is 0. The van der Waals surface area contributed by atoms with Gasteiger partial charge in [-0.1, -0.05) is 24.3 Å². The molecule has 0 bridgehead atoms. The molecule has 2 aliphatic heterocycles. The van der Waals surface area contributed by atoms with E-state index in [1.807, 2.05) is 30.3 Å². The minimum atomic E-state index is -1.59. The van der Waals surface area contributed by atoms with Crippen molar-refractivity contribution >= 4 is 22.7 Å². The Balaban J connectivity index is 1.58. The zero-order valence-electron chi connectivity index (χ0n) is 16.9. The summed E-state index contributed by atoms with van der Waals surface area (Å²) in [5.41, 5.74) is 1.21. The van der Waals surface area contributed by atoms with Crippen molar-refractivity contribution < 1.29 is 8.78 Å². The standard InChI is InChI=1S/C22H24F2N6O/c23-15-11-30(12-16(15)24)22-28-20(26-14-5-3-9-25-10-14)19(21(31)29-22)18-8-7-13-4-1-2-6-17(13)27-18/h1-2,4,6-8,14-16,25H,3,5,9-12H2,(H2,26,28,29,31)/t14?,15-,16-/m0/s1. The van der Waals surface area contributed by atoms with Gasteiger partial charge in [-0.3, -0.25) is 9.78 Å². The molecule has 162 valence electrons. The molecule has 31 heavy (non-hydrogen) atoms. The van der Waals surface area contributed by atoms with Crippen molar-refractivity contribution in [3.05, 3.63) is 46.8 Å². The van der Waals surface area contributed by atoms with E-state index in [9.17, 15) is 13.6 Å². The van der Waals surface area contributed by atoms with Gasteiger partial charge in [-0.15, -0.1) is 0 Å². The third-order valence-electron chi connectivity index (χ3n) is 5.88. The summed E-state index contributed by atoms with van der Waals surface area (Å²) in [6.07, 6.45) is -1.24. The highest BCUT2D eigenvalue weighted by Gasteiger charge is 2.34. The number of benzene rings is 1. The third-order valence-corrected chi connectivity index (χ3v) is 5.88. The third kappa shape index (κ3) is 3.97. The van der Waals surface area contributed by atoms with Crippen LogP contribution in [0.2, 0.25) is 0 Å². The number of nitrogens with one attached hydrogen (secondary N) is 3. The molecule has 2 fully saturated rings. The number of H-pyrrole nitrogens is 1. The highest BCUT2D eigenvalue weighted by molar-refractivity contribution is 5.83. The average molecular weight is 426 g/mol. The minimum absolute atomic E-state index is 0.0940. The molecule has 0 saturated carbocycles. The molecule has 4 heterocycles. The topological polar surface area (TPSA) is 85.9 Å². The second-order valence-electron chi connectivity index (χ2n) is 8.13. The second kappa shape index (κ2) is 8.22. The Morgan fingerprint density at radius 1 is 1.06 bits per heavy atom. The van der Waals surface area contributed by atoms with E-state index in [4.69, 9.17) is 0 Å². The van der Waals surface area contributed by atoms with Crippen molar-refractivity contribution in [3.63, 3.8) is 0 Å². The number of rotatable bonds is 4. The summed E-state index contributed by atoms with van der Waals surface area (Å²) in [7, 11) is 0. The van der Waals surface area contributed by atoms with Crippen LogP contribution in [0.1, 0.15) is 12.8 Å². The Kier molecular flexibility index (Phi) is 5.27. The Morgan fingerprint density at radius 2 is 1.87 bits per heavy atom. The van der Waals surface area contributed by atoms with E-state index < -0.39 is 17.9 Å². The summed E-state index contributed by atoms with van der Waals surface area (Å²) in [6, 6.07) is 11.5. The maximum atomic E-state index is 13.7. The van der Waals surface area contributed by atoms with Crippen molar-refractivity contribution in [3.8, 4) is 11.3 Å². The lowest BCUT2D eigenvalue weighted by atomic mass is 10.1. The van der Waals surface area contributed by atoms with Crippen molar-refractivity contribution in [1.82, 2.24) is 20.3 Å². The first-order chi connectivity index (χ1) is 15.1. The molecule has 1 aromatic carbocycles. The lowest BCUT2D eigenvalue weighted by Crippen LogP contribution is -2.39. The highest BCUT2D eigenvalue weighted by Crippen LogP contribution is 2.28. The van der Waals surface area contributed by atoms with Gasteiger partial charge in [0.05, 0.1) is 24.3 Å². The molecule has 2 aromatic heterocycles. The number of alkyl halides is 2. The first-order valence-electron chi connectivity index (χ1n) is 10.6. The van der Waals surface area contributed by atoms with E-state index in [0.29, 0.717) is 17.1 Å². The van der Waals surface area contributed by atoms with E-state index in [1.165, 1.54) is 4.90 Å². The summed E-state index contributed by atoms with van der Waals surface area (Å²) in [4.78, 5) is 26.6. The maximum absolute atomic E-state index is 13.7. The minimum Gasteiger partial charge on any atom is -0.365 e. The molecule has 3 aromatic rings. The van der Waals surface area contributed by atoms with Gasteiger partial charge in [0, 0.05) is 18.0 Å². The Hall–Kier alpha value is -3.07. The number of halogens is 2. The van der Waals surface area contributed by atoms with E-state index in [-0.39, 0.29) is 25.1 Å². The SMILES string of the molecule is O=c1[nH]c(N2C[C@H](F)[C@@H](F)C2)nc(NC2CCCNC2)c1-c1ccc2ccccc2n1. The summed E-state index contributed by atoms with van der Waals surface area (Å²) in [5, 5.41) is 7.68. The van der Waals surface area contributed by atoms with Gasteiger partial charge >= 0.3 is 0 Å². The molecule has 2 saturated heterocycles. The van der Waals surface area contributed by atoms with E-state index in [2.05, 4.69) is 25.6 Å². The quantitative estimate of drug-likeness (QED) is 0.595. The average Bonchev–Trinajstić information content (AvgIpc) is 3.12. The number of hydrogen-bond acceptors (Lipinski definition) is 6. The van der Waals surface area contributed by atoms with Crippen molar-refractivity contribution in [1.29, 1.82) is 0 Å². The van der Waals surface area contributed by atoms with Gasteiger partial charge in [0.25, 0.3) is 5.56 Å². The number of anilines is 2. The number of piperidine rings is 1. The van der Waals surface area contributed by atoms with Crippen LogP contribution in [0, 0.1) is 0 Å². The van der Waals surface area contributed by atoms with Gasteiger partial charge in [-0.2, -0.15) is 4.98 Å². The first-order valence-corrected chi connectivity index (χ1v) is 10.6. The maximum Gasteiger partial charge on any atom is 0.263 e. The van der Waals surface area contributed by atoms with Crippen LogP contribution in [0.3, 0.4) is 0 Å². The normalized spacial score (nSPS) is 23.9. The lowest BCUT2D eigenvalue weighted by Gasteiger charge is -2.26. The zero-order valence-corrected chi connectivity index (χ0v) is 16.9.